The van der Waals surface area contributed by atoms with Crippen molar-refractivity contribution in [3.05, 3.63) is 34.3 Å². The minimum atomic E-state index is 0.295. The number of likely N-dealkylation sites (N-methyl/N-ethyl adjacent to an activating group) is 1. The zero-order chi connectivity index (χ0) is 12.0. The van der Waals surface area contributed by atoms with Crippen molar-refractivity contribution in [2.45, 2.75) is 37.6 Å². The van der Waals surface area contributed by atoms with E-state index in [0.29, 0.717) is 24.3 Å². The summed E-state index contributed by atoms with van der Waals surface area (Å²) in [5, 5.41) is 0.822. The molecule has 0 bridgehead atoms. The molecule has 1 aliphatic carbocycles. The summed E-state index contributed by atoms with van der Waals surface area (Å²) in [7, 11) is 1.94. The van der Waals surface area contributed by atoms with Crippen molar-refractivity contribution in [1.82, 2.24) is 4.90 Å². The van der Waals surface area contributed by atoms with Gasteiger partial charge in [-0.15, -0.1) is 0 Å². The van der Waals surface area contributed by atoms with Crippen LogP contribution < -0.4 is 0 Å². The molecule has 3 heteroatoms. The molecule has 0 N–H and O–H groups in total. The highest BCUT2D eigenvalue weighted by atomic mass is 35.5. The van der Waals surface area contributed by atoms with Gasteiger partial charge in [0.1, 0.15) is 0 Å². The lowest BCUT2D eigenvalue weighted by Gasteiger charge is -2.43. The Morgan fingerprint density at radius 1 is 1.29 bits per heavy atom. The Morgan fingerprint density at radius 2 is 2.12 bits per heavy atom. The SMILES string of the molecule is CN1C(=O)CCC2c3ccc(Cl)cc3CC[C@H]21. The highest BCUT2D eigenvalue weighted by Crippen LogP contribution is 2.41. The smallest absolute Gasteiger partial charge is 0.222 e. The normalized spacial score (nSPS) is 27.6. The molecule has 17 heavy (non-hydrogen) atoms. The standard InChI is InChI=1S/C14H16ClNO/c1-16-13-6-2-9-8-10(15)3-4-11(9)12(13)5-7-14(16)17/h3-4,8,12-13H,2,5-7H2,1H3/t12?,13-/m1/s1. The highest BCUT2D eigenvalue weighted by Gasteiger charge is 2.37. The van der Waals surface area contributed by atoms with Crippen LogP contribution in [0.3, 0.4) is 0 Å². The average molecular weight is 250 g/mol. The fourth-order valence-electron chi connectivity index (χ4n) is 3.32. The number of rotatable bonds is 0. The van der Waals surface area contributed by atoms with Crippen LogP contribution in [-0.2, 0) is 11.2 Å². The van der Waals surface area contributed by atoms with E-state index in [0.717, 1.165) is 24.3 Å². The Hall–Kier alpha value is -1.02. The van der Waals surface area contributed by atoms with Crippen LogP contribution in [0.5, 0.6) is 0 Å². The maximum absolute atomic E-state index is 11.7. The second-order valence-corrected chi connectivity index (χ2v) is 5.54. The minimum Gasteiger partial charge on any atom is -0.342 e. The second-order valence-electron chi connectivity index (χ2n) is 5.10. The first-order chi connectivity index (χ1) is 8.16. The highest BCUT2D eigenvalue weighted by molar-refractivity contribution is 6.30. The van der Waals surface area contributed by atoms with Gasteiger partial charge in [-0.1, -0.05) is 17.7 Å². The van der Waals surface area contributed by atoms with E-state index in [-0.39, 0.29) is 0 Å². The van der Waals surface area contributed by atoms with Crippen molar-refractivity contribution in [3.8, 4) is 0 Å². The first-order valence-electron chi connectivity index (χ1n) is 6.21. The van der Waals surface area contributed by atoms with Gasteiger partial charge in [0.05, 0.1) is 0 Å². The van der Waals surface area contributed by atoms with Crippen molar-refractivity contribution in [1.29, 1.82) is 0 Å². The van der Waals surface area contributed by atoms with Crippen LogP contribution >= 0.6 is 11.6 Å². The molecular weight excluding hydrogens is 234 g/mol. The van der Waals surface area contributed by atoms with Gasteiger partial charge in [0.15, 0.2) is 0 Å². The Morgan fingerprint density at radius 3 is 2.94 bits per heavy atom. The third-order valence-electron chi connectivity index (χ3n) is 4.24. The monoisotopic (exact) mass is 249 g/mol. The first kappa shape index (κ1) is 11.1. The summed E-state index contributed by atoms with van der Waals surface area (Å²) >= 11 is 6.04. The first-order valence-corrected chi connectivity index (χ1v) is 6.58. The molecule has 0 spiro atoms. The zero-order valence-electron chi connectivity index (χ0n) is 9.95. The van der Waals surface area contributed by atoms with Crippen molar-refractivity contribution >= 4 is 17.5 Å². The molecule has 1 aliphatic heterocycles. The van der Waals surface area contributed by atoms with Crippen LogP contribution in [0.2, 0.25) is 5.02 Å². The number of nitrogens with zero attached hydrogens (tertiary/aromatic N) is 1. The lowest BCUT2D eigenvalue weighted by atomic mass is 9.74. The van der Waals surface area contributed by atoms with Gasteiger partial charge in [-0.25, -0.2) is 0 Å². The van der Waals surface area contributed by atoms with Crippen LogP contribution in [0.25, 0.3) is 0 Å². The Balaban J connectivity index is 1.99. The average Bonchev–Trinajstić information content (AvgIpc) is 2.33. The van der Waals surface area contributed by atoms with Crippen molar-refractivity contribution < 1.29 is 4.79 Å². The molecule has 1 unspecified atom stereocenters. The van der Waals surface area contributed by atoms with E-state index in [2.05, 4.69) is 12.1 Å². The van der Waals surface area contributed by atoms with Crippen LogP contribution in [0.1, 0.15) is 36.3 Å². The number of hydrogen-bond acceptors (Lipinski definition) is 1. The van der Waals surface area contributed by atoms with E-state index in [1.165, 1.54) is 11.1 Å². The Bertz CT molecular complexity index is 471. The Kier molecular flexibility index (Phi) is 2.62. The van der Waals surface area contributed by atoms with Crippen molar-refractivity contribution in [3.63, 3.8) is 0 Å². The molecule has 1 fully saturated rings. The number of amides is 1. The van der Waals surface area contributed by atoms with E-state index in [1.807, 2.05) is 18.0 Å². The lowest BCUT2D eigenvalue weighted by Crippen LogP contribution is -2.47. The number of halogens is 1. The summed E-state index contributed by atoms with van der Waals surface area (Å²) in [6.07, 6.45) is 3.77. The Labute approximate surface area is 107 Å². The van der Waals surface area contributed by atoms with Gasteiger partial charge in [0.25, 0.3) is 0 Å². The maximum atomic E-state index is 11.7. The van der Waals surface area contributed by atoms with Crippen LogP contribution in [0.4, 0.5) is 0 Å². The van der Waals surface area contributed by atoms with E-state index < -0.39 is 0 Å². The summed E-state index contributed by atoms with van der Waals surface area (Å²) in [6.45, 7) is 0. The largest absolute Gasteiger partial charge is 0.342 e. The number of carbonyl (C=O) groups excluding carboxylic acids is 1. The van der Waals surface area contributed by atoms with Gasteiger partial charge in [-0.3, -0.25) is 4.79 Å². The summed E-state index contributed by atoms with van der Waals surface area (Å²) < 4.78 is 0. The van der Waals surface area contributed by atoms with Gasteiger partial charge < -0.3 is 4.90 Å². The quantitative estimate of drug-likeness (QED) is 0.692. The molecule has 0 saturated carbocycles. The fourth-order valence-corrected chi connectivity index (χ4v) is 3.51. The lowest BCUT2D eigenvalue weighted by molar-refractivity contribution is -0.135. The molecule has 1 aromatic rings. The van der Waals surface area contributed by atoms with Crippen LogP contribution in [0, 0.1) is 0 Å². The molecular formula is C14H16ClNO. The molecule has 1 amide bonds. The second kappa shape index (κ2) is 4.02. The molecule has 1 saturated heterocycles. The summed E-state index contributed by atoms with van der Waals surface area (Å²) in [5.41, 5.74) is 2.78. The summed E-state index contributed by atoms with van der Waals surface area (Å²) in [6, 6.07) is 6.60. The van der Waals surface area contributed by atoms with Gasteiger partial charge in [0.2, 0.25) is 5.91 Å². The van der Waals surface area contributed by atoms with E-state index >= 15 is 0 Å². The number of hydrogen-bond donors (Lipinski definition) is 0. The maximum Gasteiger partial charge on any atom is 0.222 e. The van der Waals surface area contributed by atoms with Gasteiger partial charge in [-0.2, -0.15) is 0 Å². The molecule has 1 heterocycles. The molecule has 2 aliphatic rings. The molecule has 3 rings (SSSR count). The fraction of sp³-hybridized carbons (Fsp3) is 0.500. The van der Waals surface area contributed by atoms with E-state index in [9.17, 15) is 4.79 Å². The predicted molar refractivity (Wildman–Crippen MR) is 68.3 cm³/mol. The number of likely N-dealkylation sites (tertiary alicyclic amines) is 1. The zero-order valence-corrected chi connectivity index (χ0v) is 10.7. The van der Waals surface area contributed by atoms with E-state index in [4.69, 9.17) is 11.6 Å². The number of fused-ring (bicyclic) bond motifs is 3. The van der Waals surface area contributed by atoms with E-state index in [1.54, 1.807) is 0 Å². The van der Waals surface area contributed by atoms with Gasteiger partial charge in [0, 0.05) is 30.5 Å². The third-order valence-corrected chi connectivity index (χ3v) is 4.47. The molecule has 2 atom stereocenters. The predicted octanol–water partition coefficient (Wildman–Crippen LogP) is 2.99. The number of piperidine rings is 1. The third kappa shape index (κ3) is 1.75. The van der Waals surface area contributed by atoms with Crippen LogP contribution in [0.15, 0.2) is 18.2 Å². The molecule has 0 aromatic heterocycles. The van der Waals surface area contributed by atoms with Crippen LogP contribution in [-0.4, -0.2) is 23.9 Å². The van der Waals surface area contributed by atoms with Gasteiger partial charge >= 0.3 is 0 Å². The number of carbonyl (C=O) groups is 1. The number of aryl methyl sites for hydroxylation is 1. The summed E-state index contributed by atoms with van der Waals surface area (Å²) in [5.74, 6) is 0.808. The topological polar surface area (TPSA) is 20.3 Å². The molecule has 0 radical (unpaired) electrons. The summed E-state index contributed by atoms with van der Waals surface area (Å²) in [4.78, 5) is 13.7. The molecule has 1 aromatic carbocycles. The molecule has 90 valence electrons. The number of benzene rings is 1. The van der Waals surface area contributed by atoms with Crippen molar-refractivity contribution in [2.24, 2.45) is 0 Å². The minimum absolute atomic E-state index is 0.295. The van der Waals surface area contributed by atoms with Gasteiger partial charge in [-0.05, 0) is 42.5 Å². The molecule has 2 nitrogen and oxygen atoms in total. The van der Waals surface area contributed by atoms with Crippen molar-refractivity contribution in [2.75, 3.05) is 7.05 Å².